The van der Waals surface area contributed by atoms with Crippen LogP contribution in [0, 0.1) is 18.8 Å². The molecule has 2 atom stereocenters. The highest BCUT2D eigenvalue weighted by Crippen LogP contribution is 2.18. The summed E-state index contributed by atoms with van der Waals surface area (Å²) in [4.78, 5) is 0. The van der Waals surface area contributed by atoms with Gasteiger partial charge in [0.2, 0.25) is 0 Å². The summed E-state index contributed by atoms with van der Waals surface area (Å²) in [5.41, 5.74) is 0. The van der Waals surface area contributed by atoms with Crippen molar-refractivity contribution < 1.29 is 0 Å². The highest BCUT2D eigenvalue weighted by molar-refractivity contribution is 4.59. The van der Waals surface area contributed by atoms with E-state index in [4.69, 9.17) is 0 Å². The first-order valence-electron chi connectivity index (χ1n) is 8.99. The zero-order valence-electron chi connectivity index (χ0n) is 14.1. The molecule has 0 aromatic carbocycles. The standard InChI is InChI=1S/C19H39/c1-5-6-7-8-9-10-11-12-13-14-15-19(4)17-16-18(2)3/h18-19H,2,5-17H2,1,3-4H3. The van der Waals surface area contributed by atoms with Crippen LogP contribution in [0.2, 0.25) is 0 Å². The van der Waals surface area contributed by atoms with Gasteiger partial charge in [0.25, 0.3) is 0 Å². The van der Waals surface area contributed by atoms with Crippen molar-refractivity contribution in [2.75, 3.05) is 0 Å². The molecule has 115 valence electrons. The van der Waals surface area contributed by atoms with E-state index in [0.29, 0.717) is 5.92 Å². The molecule has 0 aromatic heterocycles. The zero-order chi connectivity index (χ0) is 14.3. The lowest BCUT2D eigenvalue weighted by Crippen LogP contribution is -1.98. The van der Waals surface area contributed by atoms with E-state index in [9.17, 15) is 0 Å². The maximum atomic E-state index is 4.07. The number of hydrogen-bond acceptors (Lipinski definition) is 0. The lowest BCUT2D eigenvalue weighted by molar-refractivity contribution is 0.420. The summed E-state index contributed by atoms with van der Waals surface area (Å²) in [6.45, 7) is 11.0. The Labute approximate surface area is 123 Å². The second-order valence-corrected chi connectivity index (χ2v) is 6.76. The van der Waals surface area contributed by atoms with Gasteiger partial charge in [-0.1, -0.05) is 111 Å². The summed E-state index contributed by atoms with van der Waals surface area (Å²) in [6, 6.07) is 0. The second-order valence-electron chi connectivity index (χ2n) is 6.76. The topological polar surface area (TPSA) is 0 Å². The third kappa shape index (κ3) is 15.9. The average Bonchev–Trinajstić information content (AvgIpc) is 2.38. The lowest BCUT2D eigenvalue weighted by Gasteiger charge is -2.12. The van der Waals surface area contributed by atoms with Gasteiger partial charge in [0, 0.05) is 0 Å². The van der Waals surface area contributed by atoms with Crippen molar-refractivity contribution in [1.82, 2.24) is 0 Å². The molecule has 0 N–H and O–H groups in total. The van der Waals surface area contributed by atoms with Crippen LogP contribution in [0.1, 0.15) is 104 Å². The van der Waals surface area contributed by atoms with Gasteiger partial charge >= 0.3 is 0 Å². The molecule has 0 rings (SSSR count). The van der Waals surface area contributed by atoms with Crippen LogP contribution in [0.15, 0.2) is 0 Å². The molecule has 19 heavy (non-hydrogen) atoms. The molecule has 0 saturated carbocycles. The van der Waals surface area contributed by atoms with Crippen molar-refractivity contribution in [3.8, 4) is 0 Å². The number of hydrogen-bond donors (Lipinski definition) is 0. The minimum atomic E-state index is 0.634. The molecule has 0 fully saturated rings. The summed E-state index contributed by atoms with van der Waals surface area (Å²) in [7, 11) is 0. The third-order valence-corrected chi connectivity index (χ3v) is 4.20. The molecule has 0 bridgehead atoms. The molecule has 0 amide bonds. The first-order valence-corrected chi connectivity index (χ1v) is 8.99. The smallest absolute Gasteiger partial charge is 0.0443 e. The summed E-state index contributed by atoms with van der Waals surface area (Å²) < 4.78 is 0. The summed E-state index contributed by atoms with van der Waals surface area (Å²) >= 11 is 0. The SMILES string of the molecule is [CH2]C(C)CCC(C)CCCCCCCCCCCC. The van der Waals surface area contributed by atoms with Crippen molar-refractivity contribution in [3.05, 3.63) is 6.92 Å². The molecule has 0 heteroatoms. The van der Waals surface area contributed by atoms with Crippen molar-refractivity contribution in [3.63, 3.8) is 0 Å². The second kappa shape index (κ2) is 14.4. The molecule has 0 aliphatic rings. The van der Waals surface area contributed by atoms with Gasteiger partial charge in [0.15, 0.2) is 0 Å². The molecule has 1 radical (unpaired) electrons. The van der Waals surface area contributed by atoms with Crippen LogP contribution >= 0.6 is 0 Å². The first-order chi connectivity index (χ1) is 9.16. The molecule has 0 aromatic rings. The van der Waals surface area contributed by atoms with Crippen LogP contribution < -0.4 is 0 Å². The van der Waals surface area contributed by atoms with E-state index in [1.165, 1.54) is 83.5 Å². The van der Waals surface area contributed by atoms with Crippen molar-refractivity contribution in [1.29, 1.82) is 0 Å². The van der Waals surface area contributed by atoms with Crippen LogP contribution in [-0.2, 0) is 0 Å². The molecular weight excluding hydrogens is 228 g/mol. The Hall–Kier alpha value is 0. The fraction of sp³-hybridized carbons (Fsp3) is 0.947. The minimum Gasteiger partial charge on any atom is -0.0654 e. The van der Waals surface area contributed by atoms with Gasteiger partial charge in [-0.25, -0.2) is 0 Å². The van der Waals surface area contributed by atoms with E-state index in [0.717, 1.165) is 5.92 Å². The summed E-state index contributed by atoms with van der Waals surface area (Å²) in [6.07, 6.45) is 18.6. The van der Waals surface area contributed by atoms with E-state index >= 15 is 0 Å². The van der Waals surface area contributed by atoms with E-state index in [2.05, 4.69) is 27.7 Å². The molecule has 0 nitrogen and oxygen atoms in total. The van der Waals surface area contributed by atoms with Gasteiger partial charge in [-0.3, -0.25) is 0 Å². The molecular formula is C19H39. The van der Waals surface area contributed by atoms with Gasteiger partial charge < -0.3 is 0 Å². The quantitative estimate of drug-likeness (QED) is 0.292. The van der Waals surface area contributed by atoms with Gasteiger partial charge in [0.05, 0.1) is 0 Å². The molecule has 0 saturated heterocycles. The monoisotopic (exact) mass is 267 g/mol. The predicted octanol–water partition coefficient (Wildman–Crippen LogP) is 7.18. The first kappa shape index (κ1) is 19.0. The van der Waals surface area contributed by atoms with E-state index in [1.54, 1.807) is 0 Å². The maximum Gasteiger partial charge on any atom is -0.0443 e. The van der Waals surface area contributed by atoms with Crippen molar-refractivity contribution in [2.45, 2.75) is 104 Å². The largest absolute Gasteiger partial charge is 0.0654 e. The Balaban J connectivity index is 3.09. The van der Waals surface area contributed by atoms with Gasteiger partial charge in [-0.2, -0.15) is 0 Å². The molecule has 0 spiro atoms. The summed E-state index contributed by atoms with van der Waals surface area (Å²) in [5.74, 6) is 1.55. The van der Waals surface area contributed by atoms with Crippen molar-refractivity contribution in [2.24, 2.45) is 11.8 Å². The van der Waals surface area contributed by atoms with E-state index in [-0.39, 0.29) is 0 Å². The average molecular weight is 268 g/mol. The number of rotatable bonds is 14. The van der Waals surface area contributed by atoms with Crippen LogP contribution in [0.3, 0.4) is 0 Å². The van der Waals surface area contributed by atoms with Gasteiger partial charge in [0.1, 0.15) is 0 Å². The Morgan fingerprint density at radius 1 is 0.632 bits per heavy atom. The fourth-order valence-corrected chi connectivity index (χ4v) is 2.69. The van der Waals surface area contributed by atoms with Crippen LogP contribution in [0.4, 0.5) is 0 Å². The van der Waals surface area contributed by atoms with Crippen LogP contribution in [0.5, 0.6) is 0 Å². The molecule has 0 aliphatic heterocycles. The predicted molar refractivity (Wildman–Crippen MR) is 89.4 cm³/mol. The minimum absolute atomic E-state index is 0.634. The number of unbranched alkanes of at least 4 members (excludes halogenated alkanes) is 9. The van der Waals surface area contributed by atoms with Crippen LogP contribution in [0.25, 0.3) is 0 Å². The lowest BCUT2D eigenvalue weighted by atomic mass is 9.94. The maximum absolute atomic E-state index is 4.07. The van der Waals surface area contributed by atoms with Crippen molar-refractivity contribution >= 4 is 0 Å². The van der Waals surface area contributed by atoms with Crippen LogP contribution in [-0.4, -0.2) is 0 Å². The van der Waals surface area contributed by atoms with E-state index < -0.39 is 0 Å². The molecule has 0 heterocycles. The Morgan fingerprint density at radius 2 is 1.11 bits per heavy atom. The van der Waals surface area contributed by atoms with E-state index in [1.807, 2.05) is 0 Å². The molecule has 0 aliphatic carbocycles. The summed E-state index contributed by atoms with van der Waals surface area (Å²) in [5, 5.41) is 0. The normalized spacial score (nSPS) is 13.1. The fourth-order valence-electron chi connectivity index (χ4n) is 2.69. The Bertz CT molecular complexity index is 159. The Kier molecular flexibility index (Phi) is 14.4. The van der Waals surface area contributed by atoms with Gasteiger partial charge in [-0.15, -0.1) is 0 Å². The molecule has 2 unspecified atom stereocenters. The highest BCUT2D eigenvalue weighted by Gasteiger charge is 2.03. The third-order valence-electron chi connectivity index (χ3n) is 4.20. The van der Waals surface area contributed by atoms with Gasteiger partial charge in [-0.05, 0) is 11.8 Å². The zero-order valence-corrected chi connectivity index (χ0v) is 14.1. The Morgan fingerprint density at radius 3 is 1.58 bits per heavy atom. The highest BCUT2D eigenvalue weighted by atomic mass is 14.1.